The number of anilines is 1. The molecule has 0 spiro atoms. The minimum atomic E-state index is -0.504. The Kier molecular flexibility index (Phi) is 5.54. The molecule has 2 rings (SSSR count). The summed E-state index contributed by atoms with van der Waals surface area (Å²) in [5, 5.41) is 15.4. The monoisotopic (exact) mass is 333 g/mol. The van der Waals surface area contributed by atoms with Crippen molar-refractivity contribution in [2.75, 3.05) is 5.32 Å². The molecule has 0 aliphatic carbocycles. The number of aromatic hydroxyl groups is 1. The van der Waals surface area contributed by atoms with E-state index in [4.69, 9.17) is 11.6 Å². The molecule has 1 atom stereocenters. The van der Waals surface area contributed by atoms with Crippen molar-refractivity contribution < 1.29 is 14.7 Å². The van der Waals surface area contributed by atoms with Gasteiger partial charge in [-0.05, 0) is 29.8 Å². The molecular weight excluding hydrogens is 318 g/mol. The fourth-order valence-corrected chi connectivity index (χ4v) is 2.18. The number of hydrogen-bond donors (Lipinski definition) is 3. The molecule has 6 nitrogen and oxygen atoms in total. The Balaban J connectivity index is 2.11. The van der Waals surface area contributed by atoms with E-state index < -0.39 is 6.04 Å². The summed E-state index contributed by atoms with van der Waals surface area (Å²) in [6.45, 7) is 1.38. The lowest BCUT2D eigenvalue weighted by Gasteiger charge is -2.18. The molecule has 0 aliphatic heterocycles. The minimum absolute atomic E-state index is 0.00275. The van der Waals surface area contributed by atoms with Gasteiger partial charge < -0.3 is 15.7 Å². The standard InChI is InChI=1S/C16H16ClN3O3/c1-10(21)19-13(11-4-6-12(17)7-5-11)9-15(23)20-16-14(22)3-2-8-18-16/h2-8,13,22H,9H2,1H3,(H,19,21)(H,18,20,23). The highest BCUT2D eigenvalue weighted by Crippen LogP contribution is 2.22. The van der Waals surface area contributed by atoms with Crippen molar-refractivity contribution in [1.82, 2.24) is 10.3 Å². The van der Waals surface area contributed by atoms with Crippen LogP contribution in [0.15, 0.2) is 42.6 Å². The van der Waals surface area contributed by atoms with E-state index in [9.17, 15) is 14.7 Å². The van der Waals surface area contributed by atoms with Gasteiger partial charge in [-0.15, -0.1) is 0 Å². The molecule has 3 N–H and O–H groups in total. The number of halogens is 1. The Labute approximate surface area is 138 Å². The SMILES string of the molecule is CC(=O)NC(CC(=O)Nc1ncccc1O)c1ccc(Cl)cc1. The number of amides is 2. The van der Waals surface area contributed by atoms with Gasteiger partial charge in [-0.3, -0.25) is 9.59 Å². The van der Waals surface area contributed by atoms with Crippen LogP contribution in [0.3, 0.4) is 0 Å². The van der Waals surface area contributed by atoms with Crippen LogP contribution in [0, 0.1) is 0 Å². The molecule has 0 fully saturated rings. The van der Waals surface area contributed by atoms with Crippen LogP contribution in [-0.2, 0) is 9.59 Å². The number of benzene rings is 1. The third kappa shape index (κ3) is 4.96. The Morgan fingerprint density at radius 2 is 1.96 bits per heavy atom. The third-order valence-electron chi connectivity index (χ3n) is 3.08. The van der Waals surface area contributed by atoms with E-state index in [0.717, 1.165) is 5.56 Å². The first kappa shape index (κ1) is 16.8. The van der Waals surface area contributed by atoms with E-state index in [-0.39, 0.29) is 29.8 Å². The van der Waals surface area contributed by atoms with Crippen molar-refractivity contribution in [3.8, 4) is 5.75 Å². The summed E-state index contributed by atoms with van der Waals surface area (Å²) in [6, 6.07) is 9.34. The number of nitrogens with zero attached hydrogens (tertiary/aromatic N) is 1. The summed E-state index contributed by atoms with van der Waals surface area (Å²) in [5.41, 5.74) is 0.755. The van der Waals surface area contributed by atoms with Gasteiger partial charge >= 0.3 is 0 Å². The van der Waals surface area contributed by atoms with Gasteiger partial charge in [-0.25, -0.2) is 4.98 Å². The van der Waals surface area contributed by atoms with Crippen molar-refractivity contribution in [3.63, 3.8) is 0 Å². The molecule has 0 radical (unpaired) electrons. The number of aromatic nitrogens is 1. The van der Waals surface area contributed by atoms with Crippen LogP contribution in [0.5, 0.6) is 5.75 Å². The van der Waals surface area contributed by atoms with Crippen LogP contribution in [0.25, 0.3) is 0 Å². The smallest absolute Gasteiger partial charge is 0.228 e. The Hall–Kier alpha value is -2.60. The predicted octanol–water partition coefficient (Wildman–Crippen LogP) is 2.65. The maximum atomic E-state index is 12.2. The second-order valence-corrected chi connectivity index (χ2v) is 5.36. The highest BCUT2D eigenvalue weighted by atomic mass is 35.5. The lowest BCUT2D eigenvalue weighted by atomic mass is 10.0. The van der Waals surface area contributed by atoms with Crippen LogP contribution in [0.4, 0.5) is 5.82 Å². The number of rotatable bonds is 5. The van der Waals surface area contributed by atoms with Crippen LogP contribution in [0.1, 0.15) is 24.9 Å². The van der Waals surface area contributed by atoms with E-state index in [1.165, 1.54) is 19.2 Å². The van der Waals surface area contributed by atoms with E-state index in [1.54, 1.807) is 30.3 Å². The normalized spacial score (nSPS) is 11.6. The molecule has 2 aromatic rings. The first-order chi connectivity index (χ1) is 11.0. The summed E-state index contributed by atoms with van der Waals surface area (Å²) >= 11 is 5.85. The lowest BCUT2D eigenvalue weighted by Crippen LogP contribution is -2.29. The maximum Gasteiger partial charge on any atom is 0.228 e. The molecule has 1 aromatic carbocycles. The largest absolute Gasteiger partial charge is 0.504 e. The molecule has 1 heterocycles. The zero-order valence-electron chi connectivity index (χ0n) is 12.4. The summed E-state index contributed by atoms with van der Waals surface area (Å²) in [7, 11) is 0. The molecule has 120 valence electrons. The van der Waals surface area contributed by atoms with Crippen LogP contribution >= 0.6 is 11.6 Å². The van der Waals surface area contributed by atoms with E-state index >= 15 is 0 Å². The molecule has 0 aliphatic rings. The number of carbonyl (C=O) groups is 2. The van der Waals surface area contributed by atoms with Gasteiger partial charge in [0.1, 0.15) is 0 Å². The van der Waals surface area contributed by atoms with E-state index in [0.29, 0.717) is 5.02 Å². The van der Waals surface area contributed by atoms with Crippen molar-refractivity contribution in [3.05, 3.63) is 53.2 Å². The van der Waals surface area contributed by atoms with Crippen molar-refractivity contribution in [2.24, 2.45) is 0 Å². The maximum absolute atomic E-state index is 12.2. The van der Waals surface area contributed by atoms with Gasteiger partial charge in [0.05, 0.1) is 12.5 Å². The lowest BCUT2D eigenvalue weighted by molar-refractivity contribution is -0.120. The second kappa shape index (κ2) is 7.60. The van der Waals surface area contributed by atoms with Crippen LogP contribution < -0.4 is 10.6 Å². The van der Waals surface area contributed by atoms with Gasteiger partial charge in [0, 0.05) is 18.1 Å². The van der Waals surface area contributed by atoms with Gasteiger partial charge in [0.15, 0.2) is 11.6 Å². The minimum Gasteiger partial charge on any atom is -0.504 e. The number of pyridine rings is 1. The predicted molar refractivity (Wildman–Crippen MR) is 87.2 cm³/mol. The van der Waals surface area contributed by atoms with E-state index in [2.05, 4.69) is 15.6 Å². The van der Waals surface area contributed by atoms with Crippen molar-refractivity contribution in [2.45, 2.75) is 19.4 Å². The molecule has 23 heavy (non-hydrogen) atoms. The Morgan fingerprint density at radius 1 is 1.26 bits per heavy atom. The summed E-state index contributed by atoms with van der Waals surface area (Å²) in [5.74, 6) is -0.676. The molecule has 2 amide bonds. The van der Waals surface area contributed by atoms with Crippen LogP contribution in [0.2, 0.25) is 5.02 Å². The topological polar surface area (TPSA) is 91.3 Å². The van der Waals surface area contributed by atoms with Gasteiger partial charge in [-0.2, -0.15) is 0 Å². The average molecular weight is 334 g/mol. The zero-order chi connectivity index (χ0) is 16.8. The fourth-order valence-electron chi connectivity index (χ4n) is 2.05. The average Bonchev–Trinajstić information content (AvgIpc) is 2.49. The second-order valence-electron chi connectivity index (χ2n) is 4.93. The number of nitrogens with one attached hydrogen (secondary N) is 2. The molecule has 0 saturated carbocycles. The quantitative estimate of drug-likeness (QED) is 0.784. The van der Waals surface area contributed by atoms with E-state index in [1.807, 2.05) is 0 Å². The first-order valence-corrected chi connectivity index (χ1v) is 7.30. The summed E-state index contributed by atoms with van der Waals surface area (Å²) < 4.78 is 0. The molecule has 0 saturated heterocycles. The molecule has 1 unspecified atom stereocenters. The molecule has 0 bridgehead atoms. The molecule has 1 aromatic heterocycles. The fraction of sp³-hybridized carbons (Fsp3) is 0.188. The third-order valence-corrected chi connectivity index (χ3v) is 3.34. The summed E-state index contributed by atoms with van der Waals surface area (Å²) in [4.78, 5) is 27.4. The number of hydrogen-bond acceptors (Lipinski definition) is 4. The molecular formula is C16H16ClN3O3. The first-order valence-electron chi connectivity index (χ1n) is 6.92. The molecule has 7 heteroatoms. The summed E-state index contributed by atoms with van der Waals surface area (Å²) in [6.07, 6.45) is 1.46. The van der Waals surface area contributed by atoms with Crippen molar-refractivity contribution in [1.29, 1.82) is 0 Å². The Bertz CT molecular complexity index is 704. The zero-order valence-corrected chi connectivity index (χ0v) is 13.2. The Morgan fingerprint density at radius 3 is 2.57 bits per heavy atom. The van der Waals surface area contributed by atoms with Gasteiger partial charge in [-0.1, -0.05) is 23.7 Å². The van der Waals surface area contributed by atoms with Crippen molar-refractivity contribution >= 4 is 29.2 Å². The van der Waals surface area contributed by atoms with Gasteiger partial charge in [0.25, 0.3) is 0 Å². The number of carbonyl (C=O) groups excluding carboxylic acids is 2. The van der Waals surface area contributed by atoms with Crippen LogP contribution in [-0.4, -0.2) is 21.9 Å². The highest BCUT2D eigenvalue weighted by molar-refractivity contribution is 6.30. The highest BCUT2D eigenvalue weighted by Gasteiger charge is 2.18. The van der Waals surface area contributed by atoms with Gasteiger partial charge in [0.2, 0.25) is 11.8 Å².